The van der Waals surface area contributed by atoms with Crippen LogP contribution >= 0.6 is 7.82 Å². The molecule has 0 bridgehead atoms. The third-order valence-electron chi connectivity index (χ3n) is 4.57. The van der Waals surface area contributed by atoms with E-state index in [1.807, 2.05) is 0 Å². The minimum Gasteiger partial charge on any atom is -0.790 e. The van der Waals surface area contributed by atoms with Crippen LogP contribution in [0.5, 0.6) is 0 Å². The van der Waals surface area contributed by atoms with Crippen molar-refractivity contribution in [3.63, 3.8) is 0 Å². The smallest absolute Gasteiger partial charge is 0.790 e. The summed E-state index contributed by atoms with van der Waals surface area (Å²) in [5, 5.41) is 0. The van der Waals surface area contributed by atoms with Gasteiger partial charge in [-0.3, -0.25) is 0 Å². The van der Waals surface area contributed by atoms with Gasteiger partial charge in [-0.25, -0.2) is 0 Å². The second-order valence-electron chi connectivity index (χ2n) is 7.20. The molecule has 0 aromatic rings. The van der Waals surface area contributed by atoms with Crippen molar-refractivity contribution in [1.82, 2.24) is 0 Å². The van der Waals surface area contributed by atoms with Crippen molar-refractivity contribution < 1.29 is 82.7 Å². The van der Waals surface area contributed by atoms with Crippen molar-refractivity contribution in [3.05, 3.63) is 0 Å². The molecule has 5 nitrogen and oxygen atoms in total. The van der Waals surface area contributed by atoms with E-state index >= 15 is 0 Å². The van der Waals surface area contributed by atoms with Crippen molar-refractivity contribution in [3.8, 4) is 0 Å². The Balaban J connectivity index is -0.00000312. The van der Waals surface area contributed by atoms with Gasteiger partial charge in [-0.1, -0.05) is 90.4 Å². The van der Waals surface area contributed by atoms with Gasteiger partial charge < -0.3 is 23.6 Å². The van der Waals surface area contributed by atoms with Gasteiger partial charge in [-0.15, -0.1) is 0 Å². The molecule has 0 aliphatic heterocycles. The van der Waals surface area contributed by atoms with Crippen molar-refractivity contribution in [2.24, 2.45) is 0 Å². The fraction of sp³-hybridized carbons (Fsp3) is 1.00. The molecule has 0 rings (SSSR count). The molecule has 0 spiro atoms. The third-order valence-corrected chi connectivity index (χ3v) is 5.07. The summed E-state index contributed by atoms with van der Waals surface area (Å²) < 4.78 is 20.1. The maximum atomic E-state index is 10.3. The standard InChI is InChI=1S/C20H43O5P.2Na/c1-2-3-4-5-12-15-18-24-19-16-13-10-8-6-7-9-11-14-17-20-25-26(21,22)23;;/h2-20H2,1H3,(H2,21,22,23);;/q;2*+1/p-2. The predicted octanol–water partition coefficient (Wildman–Crippen LogP) is -0.882. The molecule has 0 aliphatic rings. The molecule has 0 saturated heterocycles. The topological polar surface area (TPSA) is 81.7 Å². The zero-order chi connectivity index (χ0) is 19.3. The van der Waals surface area contributed by atoms with E-state index in [2.05, 4.69) is 11.4 Å². The van der Waals surface area contributed by atoms with Crippen LogP contribution in [0.25, 0.3) is 0 Å². The summed E-state index contributed by atoms with van der Waals surface area (Å²) in [6, 6.07) is 0. The molecule has 28 heavy (non-hydrogen) atoms. The molecule has 158 valence electrons. The molecule has 0 aromatic heterocycles. The average Bonchev–Trinajstić information content (AvgIpc) is 2.59. The summed E-state index contributed by atoms with van der Waals surface area (Å²) >= 11 is 0. The van der Waals surface area contributed by atoms with Crippen molar-refractivity contribution >= 4 is 7.82 Å². The third kappa shape index (κ3) is 32.7. The molecule has 0 amide bonds. The normalized spacial score (nSPS) is 11.1. The first-order chi connectivity index (χ1) is 12.6. The summed E-state index contributed by atoms with van der Waals surface area (Å²) in [6.45, 7) is 4.12. The first kappa shape index (κ1) is 34.7. The predicted molar refractivity (Wildman–Crippen MR) is 104 cm³/mol. The zero-order valence-corrected chi connectivity index (χ0v) is 23.8. The number of phosphoric ester groups is 1. The van der Waals surface area contributed by atoms with Gasteiger partial charge in [-0.2, -0.15) is 0 Å². The molecule has 0 atom stereocenters. The largest absolute Gasteiger partial charge is 1.00 e. The van der Waals surface area contributed by atoms with E-state index < -0.39 is 7.82 Å². The summed E-state index contributed by atoms with van der Waals surface area (Å²) in [4.78, 5) is 20.5. The van der Waals surface area contributed by atoms with Crippen LogP contribution in [0, 0.1) is 0 Å². The Kier molecular flexibility index (Phi) is 33.6. The molecule has 8 heteroatoms. The van der Waals surface area contributed by atoms with E-state index in [9.17, 15) is 14.4 Å². The van der Waals surface area contributed by atoms with E-state index in [-0.39, 0.29) is 65.7 Å². The van der Waals surface area contributed by atoms with Crippen LogP contribution < -0.4 is 68.9 Å². The Hall–Kier alpha value is 2.07. The Morgan fingerprint density at radius 1 is 0.571 bits per heavy atom. The monoisotopic (exact) mass is 438 g/mol. The zero-order valence-electron chi connectivity index (χ0n) is 18.9. The minimum atomic E-state index is -4.77. The number of hydrogen-bond acceptors (Lipinski definition) is 5. The summed E-state index contributed by atoms with van der Waals surface area (Å²) in [5.74, 6) is 0. The molecular weight excluding hydrogens is 397 g/mol. The van der Waals surface area contributed by atoms with Crippen molar-refractivity contribution in [1.29, 1.82) is 0 Å². The molecule has 0 radical (unpaired) electrons. The van der Waals surface area contributed by atoms with Gasteiger partial charge in [0.2, 0.25) is 0 Å². The van der Waals surface area contributed by atoms with Gasteiger partial charge in [0, 0.05) is 13.2 Å². The van der Waals surface area contributed by atoms with Crippen molar-refractivity contribution in [2.45, 2.75) is 110 Å². The van der Waals surface area contributed by atoms with Crippen LogP contribution in [-0.2, 0) is 13.8 Å². The molecule has 0 unspecified atom stereocenters. The summed E-state index contributed by atoms with van der Waals surface area (Å²) in [5.41, 5.74) is 0. The second-order valence-corrected chi connectivity index (χ2v) is 8.35. The van der Waals surface area contributed by atoms with Gasteiger partial charge >= 0.3 is 59.1 Å². The van der Waals surface area contributed by atoms with Crippen LogP contribution in [0.2, 0.25) is 0 Å². The average molecular weight is 438 g/mol. The van der Waals surface area contributed by atoms with Gasteiger partial charge in [0.15, 0.2) is 0 Å². The first-order valence-corrected chi connectivity index (χ1v) is 12.3. The van der Waals surface area contributed by atoms with Crippen LogP contribution in [0.4, 0.5) is 0 Å². The van der Waals surface area contributed by atoms with Crippen LogP contribution in [0.15, 0.2) is 0 Å². The Bertz CT molecular complexity index is 330. The number of unbranched alkanes of at least 4 members (excludes halogenated alkanes) is 14. The molecule has 0 N–H and O–H groups in total. The Morgan fingerprint density at radius 3 is 1.25 bits per heavy atom. The minimum absolute atomic E-state index is 0. The molecule has 0 fully saturated rings. The second kappa shape index (κ2) is 27.1. The quantitative estimate of drug-likeness (QED) is 0.132. The number of ether oxygens (including phenoxy) is 1. The van der Waals surface area contributed by atoms with Gasteiger partial charge in [-0.05, 0) is 19.3 Å². The van der Waals surface area contributed by atoms with E-state index in [0.717, 1.165) is 26.1 Å². The van der Waals surface area contributed by atoms with Gasteiger partial charge in [0.1, 0.15) is 0 Å². The number of rotatable bonds is 21. The maximum Gasteiger partial charge on any atom is 1.00 e. The number of phosphoric acid groups is 1. The van der Waals surface area contributed by atoms with E-state index in [4.69, 9.17) is 4.74 Å². The summed E-state index contributed by atoms with van der Waals surface area (Å²) in [7, 11) is -4.77. The van der Waals surface area contributed by atoms with E-state index in [0.29, 0.717) is 6.42 Å². The van der Waals surface area contributed by atoms with Gasteiger partial charge in [0.05, 0.1) is 14.4 Å². The number of hydrogen-bond donors (Lipinski definition) is 0. The Labute approximate surface area is 218 Å². The van der Waals surface area contributed by atoms with Gasteiger partial charge in [0.25, 0.3) is 0 Å². The van der Waals surface area contributed by atoms with Crippen LogP contribution in [0.3, 0.4) is 0 Å². The fourth-order valence-corrected chi connectivity index (χ4v) is 3.34. The molecule has 0 saturated carbocycles. The fourth-order valence-electron chi connectivity index (χ4n) is 2.98. The van der Waals surface area contributed by atoms with E-state index in [1.54, 1.807) is 0 Å². The molecule has 0 heterocycles. The molecule has 0 aliphatic carbocycles. The van der Waals surface area contributed by atoms with Crippen LogP contribution in [-0.4, -0.2) is 19.8 Å². The van der Waals surface area contributed by atoms with E-state index in [1.165, 1.54) is 83.5 Å². The first-order valence-electron chi connectivity index (χ1n) is 10.8. The molecule has 0 aromatic carbocycles. The summed E-state index contributed by atoms with van der Waals surface area (Å²) in [6.07, 6.45) is 19.3. The van der Waals surface area contributed by atoms with Crippen molar-refractivity contribution in [2.75, 3.05) is 19.8 Å². The molecular formula is C20H41Na2O5P. The SMILES string of the molecule is CCCCCCCCOCCCCCCCCCCCCOP(=O)([O-])[O-].[Na+].[Na+]. The maximum absolute atomic E-state index is 10.3. The Morgan fingerprint density at radius 2 is 0.893 bits per heavy atom. The van der Waals surface area contributed by atoms with Crippen LogP contribution in [0.1, 0.15) is 110 Å².